The summed E-state index contributed by atoms with van der Waals surface area (Å²) < 4.78 is 29.7. The average Bonchev–Trinajstić information content (AvgIpc) is 3.55. The third-order valence-corrected chi connectivity index (χ3v) is 6.10. The van der Waals surface area contributed by atoms with Gasteiger partial charge < -0.3 is 9.80 Å². The number of carbonyl (C=O) groups excluding carboxylic acids is 1. The van der Waals surface area contributed by atoms with Crippen LogP contribution in [-0.2, 0) is 7.05 Å². The molecule has 2 aromatic heterocycles. The number of aromatic nitrogens is 5. The summed E-state index contributed by atoms with van der Waals surface area (Å²) in [5, 5.41) is 27.6. The summed E-state index contributed by atoms with van der Waals surface area (Å²) in [5.74, 6) is -1.00. The van der Waals surface area contributed by atoms with Crippen molar-refractivity contribution in [2.75, 3.05) is 31.1 Å². The molecule has 5 rings (SSSR count). The van der Waals surface area contributed by atoms with Gasteiger partial charge in [-0.1, -0.05) is 0 Å². The molecule has 2 aliphatic heterocycles. The summed E-state index contributed by atoms with van der Waals surface area (Å²) >= 11 is 0. The number of hydrogen-bond acceptors (Lipinski definition) is 9. The number of aryl methyl sites for hydroxylation is 1. The van der Waals surface area contributed by atoms with Crippen molar-refractivity contribution in [1.29, 1.82) is 10.5 Å². The number of piperazine rings is 1. The Hall–Kier alpha value is -4.98. The van der Waals surface area contributed by atoms with E-state index in [0.29, 0.717) is 38.2 Å². The van der Waals surface area contributed by atoms with E-state index < -0.39 is 17.7 Å². The molecule has 3 aromatic rings. The Bertz CT molecular complexity index is 1480. The minimum Gasteiger partial charge on any atom is -0.337 e. The molecule has 0 aliphatic carbocycles. The van der Waals surface area contributed by atoms with Gasteiger partial charge in [-0.25, -0.2) is 33.2 Å². The number of urea groups is 1. The molecule has 0 N–H and O–H groups in total. The van der Waals surface area contributed by atoms with Crippen molar-refractivity contribution in [2.45, 2.75) is 12.5 Å². The number of hydrogen-bond donors (Lipinski definition) is 0. The fourth-order valence-electron chi connectivity index (χ4n) is 4.29. The summed E-state index contributed by atoms with van der Waals surface area (Å²) in [5.41, 5.74) is 0.587. The number of amides is 2. The van der Waals surface area contributed by atoms with Crippen LogP contribution >= 0.6 is 0 Å². The van der Waals surface area contributed by atoms with E-state index in [9.17, 15) is 13.6 Å². The molecule has 12 nitrogen and oxygen atoms in total. The van der Waals surface area contributed by atoms with E-state index in [4.69, 9.17) is 10.5 Å². The van der Waals surface area contributed by atoms with E-state index in [1.165, 1.54) is 22.8 Å². The Morgan fingerprint density at radius 3 is 2.57 bits per heavy atom. The van der Waals surface area contributed by atoms with Crippen LogP contribution in [0.5, 0.6) is 0 Å². The number of hydrazone groups is 1. The fourth-order valence-corrected chi connectivity index (χ4v) is 4.29. The summed E-state index contributed by atoms with van der Waals surface area (Å²) in [6.45, 7) is 1.39. The predicted molar refractivity (Wildman–Crippen MR) is 125 cm³/mol. The van der Waals surface area contributed by atoms with Crippen LogP contribution in [0.2, 0.25) is 0 Å². The molecular weight excluding hydrogens is 484 g/mol. The van der Waals surface area contributed by atoms with E-state index in [0.717, 1.165) is 12.3 Å². The molecule has 4 heterocycles. The van der Waals surface area contributed by atoms with Crippen molar-refractivity contribution < 1.29 is 13.6 Å². The van der Waals surface area contributed by atoms with Gasteiger partial charge >= 0.3 is 6.03 Å². The lowest BCUT2D eigenvalue weighted by Crippen LogP contribution is -2.52. The van der Waals surface area contributed by atoms with Crippen molar-refractivity contribution in [3.8, 4) is 23.7 Å². The summed E-state index contributed by atoms with van der Waals surface area (Å²) in [4.78, 5) is 29.1. The first-order chi connectivity index (χ1) is 17.9. The molecule has 2 aliphatic rings. The van der Waals surface area contributed by atoms with Crippen molar-refractivity contribution >= 4 is 18.2 Å². The number of benzene rings is 1. The number of anilines is 1. The highest BCUT2D eigenvalue weighted by Crippen LogP contribution is 2.31. The van der Waals surface area contributed by atoms with Crippen LogP contribution in [0.3, 0.4) is 0 Å². The Morgan fingerprint density at radius 1 is 1.08 bits per heavy atom. The molecular formula is C23H19F2N11O. The van der Waals surface area contributed by atoms with Gasteiger partial charge in [0.2, 0.25) is 5.95 Å². The van der Waals surface area contributed by atoms with Crippen LogP contribution in [0.15, 0.2) is 29.5 Å². The van der Waals surface area contributed by atoms with Gasteiger partial charge in [-0.2, -0.15) is 20.6 Å². The molecule has 2 amide bonds. The molecule has 37 heavy (non-hydrogen) atoms. The van der Waals surface area contributed by atoms with Gasteiger partial charge in [0.05, 0.1) is 23.9 Å². The Labute approximate surface area is 209 Å². The third kappa shape index (κ3) is 4.52. The monoisotopic (exact) mass is 503 g/mol. The number of halogens is 2. The maximum absolute atomic E-state index is 14.5. The fraction of sp³-hybridized carbons (Fsp3) is 0.304. The van der Waals surface area contributed by atoms with Crippen LogP contribution in [-0.4, -0.2) is 73.1 Å². The van der Waals surface area contributed by atoms with E-state index in [2.05, 4.69) is 25.2 Å². The van der Waals surface area contributed by atoms with E-state index >= 15 is 0 Å². The number of nitrogens with zero attached hydrogens (tertiary/aromatic N) is 11. The van der Waals surface area contributed by atoms with E-state index in [1.807, 2.05) is 17.0 Å². The third-order valence-electron chi connectivity index (χ3n) is 6.10. The number of carbonyl (C=O) groups is 1. The lowest BCUT2D eigenvalue weighted by molar-refractivity contribution is 0.139. The van der Waals surface area contributed by atoms with E-state index in [-0.39, 0.29) is 34.9 Å². The van der Waals surface area contributed by atoms with Gasteiger partial charge in [0.15, 0.2) is 11.6 Å². The maximum atomic E-state index is 14.5. The number of rotatable bonds is 3. The smallest absolute Gasteiger partial charge is 0.337 e. The Balaban J connectivity index is 1.29. The Kier molecular flexibility index (Phi) is 6.15. The van der Waals surface area contributed by atoms with Gasteiger partial charge in [-0.3, -0.25) is 0 Å². The summed E-state index contributed by atoms with van der Waals surface area (Å²) in [6, 6.07) is 6.88. The molecule has 0 bridgehead atoms. The van der Waals surface area contributed by atoms with E-state index in [1.54, 1.807) is 17.2 Å². The van der Waals surface area contributed by atoms with Gasteiger partial charge in [0.1, 0.15) is 17.6 Å². The minimum absolute atomic E-state index is 0.0823. The molecule has 186 valence electrons. The van der Waals surface area contributed by atoms with Gasteiger partial charge in [0.25, 0.3) is 5.82 Å². The van der Waals surface area contributed by atoms with Crippen LogP contribution in [0, 0.1) is 34.3 Å². The summed E-state index contributed by atoms with van der Waals surface area (Å²) in [6.07, 6.45) is 3.03. The largest absolute Gasteiger partial charge is 0.341 e. The van der Waals surface area contributed by atoms with Crippen LogP contribution in [0.1, 0.15) is 29.4 Å². The van der Waals surface area contributed by atoms with Crippen molar-refractivity contribution in [3.63, 3.8) is 0 Å². The average molecular weight is 503 g/mol. The topological polar surface area (TPSA) is 143 Å². The second-order valence-corrected chi connectivity index (χ2v) is 8.40. The minimum atomic E-state index is -0.701. The highest BCUT2D eigenvalue weighted by molar-refractivity contribution is 5.79. The standard InChI is InChI=1S/C23H19F2N11O/c1-33-21(30-19(12-27)32-33)20-17(25)13-28-22(31-20)34-4-6-35(7-5-34)23(37)36-18(2-3-29-36)15-8-14(11-26)9-16(24)10-15/h3,8-10,13,18H,2,4-7H2,1H3/t18-/m0/s1. The highest BCUT2D eigenvalue weighted by Gasteiger charge is 2.34. The second-order valence-electron chi connectivity index (χ2n) is 8.40. The first-order valence-electron chi connectivity index (χ1n) is 11.3. The maximum Gasteiger partial charge on any atom is 0.341 e. The van der Waals surface area contributed by atoms with Crippen LogP contribution < -0.4 is 4.90 Å². The summed E-state index contributed by atoms with van der Waals surface area (Å²) in [7, 11) is 1.54. The molecule has 1 aromatic carbocycles. The Morgan fingerprint density at radius 2 is 1.86 bits per heavy atom. The van der Waals surface area contributed by atoms with Gasteiger partial charge in [0, 0.05) is 45.9 Å². The number of nitriles is 2. The predicted octanol–water partition coefficient (Wildman–Crippen LogP) is 1.97. The molecule has 14 heteroatoms. The second kappa shape index (κ2) is 9.58. The lowest BCUT2D eigenvalue weighted by Gasteiger charge is -2.37. The van der Waals surface area contributed by atoms with Crippen molar-refractivity contribution in [3.05, 3.63) is 53.0 Å². The van der Waals surface area contributed by atoms with Gasteiger partial charge in [-0.05, 0) is 23.8 Å². The molecule has 0 unspecified atom stereocenters. The molecule has 0 radical (unpaired) electrons. The SMILES string of the molecule is Cn1nc(C#N)nc1-c1nc(N2CCN(C(=O)N3N=CC[C@H]3c3cc(F)cc(C#N)c3)CC2)ncc1F. The van der Waals surface area contributed by atoms with Crippen LogP contribution in [0.25, 0.3) is 11.5 Å². The quantitative estimate of drug-likeness (QED) is 0.528. The molecule has 1 saturated heterocycles. The van der Waals surface area contributed by atoms with Crippen LogP contribution in [0.4, 0.5) is 19.5 Å². The molecule has 0 saturated carbocycles. The van der Waals surface area contributed by atoms with Crippen molar-refractivity contribution in [1.82, 2.24) is 34.6 Å². The molecule has 1 atom stereocenters. The first-order valence-corrected chi connectivity index (χ1v) is 11.3. The zero-order valence-corrected chi connectivity index (χ0v) is 19.6. The first kappa shape index (κ1) is 23.7. The zero-order valence-electron chi connectivity index (χ0n) is 19.6. The van der Waals surface area contributed by atoms with Gasteiger partial charge in [-0.15, -0.1) is 5.10 Å². The van der Waals surface area contributed by atoms with Crippen molar-refractivity contribution in [2.24, 2.45) is 12.1 Å². The zero-order chi connectivity index (χ0) is 26.1. The molecule has 1 fully saturated rings. The normalized spacial score (nSPS) is 17.1. The lowest BCUT2D eigenvalue weighted by atomic mass is 10.0. The highest BCUT2D eigenvalue weighted by atomic mass is 19.1. The molecule has 0 spiro atoms.